The van der Waals surface area contributed by atoms with Crippen molar-refractivity contribution < 1.29 is 28.3 Å². The fourth-order valence-corrected chi connectivity index (χ4v) is 4.39. The van der Waals surface area contributed by atoms with Crippen LogP contribution in [0.15, 0.2) is 24.3 Å². The van der Waals surface area contributed by atoms with Gasteiger partial charge in [0.15, 0.2) is 0 Å². The molecule has 32 heavy (non-hydrogen) atoms. The van der Waals surface area contributed by atoms with Crippen molar-refractivity contribution in [1.82, 2.24) is 15.1 Å². The van der Waals surface area contributed by atoms with E-state index in [0.29, 0.717) is 0 Å². The largest absolute Gasteiger partial charge is 0.467 e. The third-order valence-electron chi connectivity index (χ3n) is 6.19. The number of amides is 3. The Kier molecular flexibility index (Phi) is 7.82. The maximum Gasteiger partial charge on any atom is 0.328 e. The van der Waals surface area contributed by atoms with Gasteiger partial charge in [0.2, 0.25) is 11.8 Å². The highest BCUT2D eigenvalue weighted by Crippen LogP contribution is 2.27. The number of halogens is 1. The molecular weight excluding hydrogens is 417 g/mol. The first-order chi connectivity index (χ1) is 15.3. The van der Waals surface area contributed by atoms with Crippen LogP contribution in [0.2, 0.25) is 0 Å². The molecule has 3 rings (SSSR count). The van der Waals surface area contributed by atoms with Gasteiger partial charge in [-0.15, -0.1) is 0 Å². The summed E-state index contributed by atoms with van der Waals surface area (Å²) in [5.41, 5.74) is 0.180. The van der Waals surface area contributed by atoms with E-state index in [-0.39, 0.29) is 37.0 Å². The van der Waals surface area contributed by atoms with E-state index in [4.69, 9.17) is 0 Å². The molecule has 1 aliphatic heterocycles. The molecule has 0 unspecified atom stereocenters. The second-order valence-electron chi connectivity index (χ2n) is 8.40. The van der Waals surface area contributed by atoms with Gasteiger partial charge in [-0.05, 0) is 38.0 Å². The predicted molar refractivity (Wildman–Crippen MR) is 114 cm³/mol. The van der Waals surface area contributed by atoms with E-state index < -0.39 is 35.7 Å². The highest BCUT2D eigenvalue weighted by molar-refractivity contribution is 5.96. The smallest absolute Gasteiger partial charge is 0.328 e. The molecule has 1 aromatic carbocycles. The van der Waals surface area contributed by atoms with Crippen LogP contribution in [0.3, 0.4) is 0 Å². The Morgan fingerprint density at radius 2 is 1.84 bits per heavy atom. The van der Waals surface area contributed by atoms with Gasteiger partial charge < -0.3 is 19.9 Å². The summed E-state index contributed by atoms with van der Waals surface area (Å²) < 4.78 is 18.3. The summed E-state index contributed by atoms with van der Waals surface area (Å²) >= 11 is 0. The lowest BCUT2D eigenvalue weighted by Crippen LogP contribution is -2.63. The average Bonchev–Trinajstić information content (AvgIpc) is 2.82. The monoisotopic (exact) mass is 447 g/mol. The van der Waals surface area contributed by atoms with Gasteiger partial charge in [-0.25, -0.2) is 9.18 Å². The molecule has 1 saturated carbocycles. The van der Waals surface area contributed by atoms with Gasteiger partial charge in [-0.3, -0.25) is 14.4 Å². The summed E-state index contributed by atoms with van der Waals surface area (Å²) in [6.07, 6.45) is 4.62. The van der Waals surface area contributed by atoms with Gasteiger partial charge >= 0.3 is 5.97 Å². The lowest BCUT2D eigenvalue weighted by atomic mass is 9.87. The summed E-state index contributed by atoms with van der Waals surface area (Å²) in [6, 6.07) is 3.53. The van der Waals surface area contributed by atoms with Crippen LogP contribution in [-0.4, -0.2) is 72.3 Å². The van der Waals surface area contributed by atoms with E-state index in [1.165, 1.54) is 42.0 Å². The minimum atomic E-state index is -0.942. The molecule has 1 aliphatic carbocycles. The second-order valence-corrected chi connectivity index (χ2v) is 8.40. The zero-order valence-corrected chi connectivity index (χ0v) is 18.5. The molecule has 1 N–H and O–H groups in total. The minimum Gasteiger partial charge on any atom is -0.467 e. The van der Waals surface area contributed by atoms with Crippen molar-refractivity contribution in [3.05, 3.63) is 35.6 Å². The predicted octanol–water partition coefficient (Wildman–Crippen LogP) is 1.74. The maximum atomic E-state index is 13.6. The van der Waals surface area contributed by atoms with Gasteiger partial charge in [0, 0.05) is 24.6 Å². The van der Waals surface area contributed by atoms with Crippen LogP contribution in [0, 0.1) is 11.7 Å². The highest BCUT2D eigenvalue weighted by Gasteiger charge is 2.40. The van der Waals surface area contributed by atoms with Crippen molar-refractivity contribution in [3.8, 4) is 0 Å². The van der Waals surface area contributed by atoms with Crippen LogP contribution in [0.4, 0.5) is 4.39 Å². The molecule has 0 spiro atoms. The van der Waals surface area contributed by atoms with Crippen LogP contribution in [0.5, 0.6) is 0 Å². The van der Waals surface area contributed by atoms with E-state index in [0.717, 1.165) is 38.2 Å². The fraction of sp³-hybridized carbons (Fsp3) is 0.565. The SMILES string of the molecule is COC(=O)[C@@H](C)NC(=O)[C@H]1CN(C(=O)c2cccc(F)c2)CCN1C(=O)C1CCCCC1. The average molecular weight is 448 g/mol. The van der Waals surface area contributed by atoms with E-state index in [9.17, 15) is 23.6 Å². The summed E-state index contributed by atoms with van der Waals surface area (Å²) in [4.78, 5) is 54.0. The minimum absolute atomic E-state index is 0.0342. The zero-order chi connectivity index (χ0) is 23.3. The Morgan fingerprint density at radius 3 is 2.50 bits per heavy atom. The van der Waals surface area contributed by atoms with Gasteiger partial charge in [0.25, 0.3) is 5.91 Å². The number of benzene rings is 1. The number of carbonyl (C=O) groups excluding carboxylic acids is 4. The first-order valence-corrected chi connectivity index (χ1v) is 11.1. The highest BCUT2D eigenvalue weighted by atomic mass is 19.1. The third kappa shape index (κ3) is 5.44. The number of esters is 1. The van der Waals surface area contributed by atoms with Crippen molar-refractivity contribution in [2.24, 2.45) is 5.92 Å². The Balaban J connectivity index is 1.79. The Labute approximate surface area is 187 Å². The van der Waals surface area contributed by atoms with Crippen molar-refractivity contribution in [2.45, 2.75) is 51.1 Å². The second kappa shape index (κ2) is 10.6. The number of hydrogen-bond acceptors (Lipinski definition) is 5. The summed E-state index contributed by atoms with van der Waals surface area (Å²) in [5, 5.41) is 2.59. The van der Waals surface area contributed by atoms with Crippen molar-refractivity contribution in [1.29, 1.82) is 0 Å². The van der Waals surface area contributed by atoms with Gasteiger partial charge in [0.05, 0.1) is 13.7 Å². The van der Waals surface area contributed by atoms with Crippen LogP contribution in [-0.2, 0) is 19.1 Å². The molecule has 3 amide bonds. The molecular formula is C23H30FN3O5. The topological polar surface area (TPSA) is 96.0 Å². The molecule has 0 aromatic heterocycles. The number of piperazine rings is 1. The van der Waals surface area contributed by atoms with E-state index in [1.807, 2.05) is 0 Å². The standard InChI is InChI=1S/C23H30FN3O5/c1-15(23(31)32-2)25-20(28)19-14-26(21(29)17-9-6-10-18(24)13-17)11-12-27(19)22(30)16-7-4-3-5-8-16/h6,9-10,13,15-16,19H,3-5,7-8,11-12,14H2,1-2H3,(H,25,28)/t15-,19-/m1/s1. The third-order valence-corrected chi connectivity index (χ3v) is 6.19. The van der Waals surface area contributed by atoms with Crippen molar-refractivity contribution in [3.63, 3.8) is 0 Å². The number of methoxy groups -OCH3 is 1. The maximum absolute atomic E-state index is 13.6. The number of rotatable bonds is 5. The Hall–Kier alpha value is -2.97. The number of nitrogens with zero attached hydrogens (tertiary/aromatic N) is 2. The fourth-order valence-electron chi connectivity index (χ4n) is 4.39. The number of ether oxygens (including phenoxy) is 1. The molecule has 0 bridgehead atoms. The molecule has 0 radical (unpaired) electrons. The quantitative estimate of drug-likeness (QED) is 0.694. The first kappa shape index (κ1) is 23.7. The normalized spacial score (nSPS) is 20.4. The summed E-state index contributed by atoms with van der Waals surface area (Å²) in [7, 11) is 1.23. The van der Waals surface area contributed by atoms with E-state index in [1.54, 1.807) is 0 Å². The molecule has 174 valence electrons. The Morgan fingerprint density at radius 1 is 1.12 bits per heavy atom. The number of hydrogen-bond donors (Lipinski definition) is 1. The van der Waals surface area contributed by atoms with Crippen LogP contribution < -0.4 is 5.32 Å². The molecule has 1 aromatic rings. The van der Waals surface area contributed by atoms with Crippen molar-refractivity contribution >= 4 is 23.7 Å². The van der Waals surface area contributed by atoms with Gasteiger partial charge in [-0.1, -0.05) is 25.3 Å². The van der Waals surface area contributed by atoms with Crippen molar-refractivity contribution in [2.75, 3.05) is 26.7 Å². The Bertz CT molecular complexity index is 871. The molecule has 2 atom stereocenters. The van der Waals surface area contributed by atoms with Gasteiger partial charge in [-0.2, -0.15) is 0 Å². The van der Waals surface area contributed by atoms with Crippen LogP contribution in [0.1, 0.15) is 49.4 Å². The van der Waals surface area contributed by atoms with E-state index in [2.05, 4.69) is 10.1 Å². The van der Waals surface area contributed by atoms with Gasteiger partial charge in [0.1, 0.15) is 17.9 Å². The molecule has 9 heteroatoms. The van der Waals surface area contributed by atoms with E-state index >= 15 is 0 Å². The van der Waals surface area contributed by atoms with Crippen LogP contribution >= 0.6 is 0 Å². The molecule has 1 heterocycles. The number of nitrogens with one attached hydrogen (secondary N) is 1. The van der Waals surface area contributed by atoms with Crippen LogP contribution in [0.25, 0.3) is 0 Å². The molecule has 2 fully saturated rings. The summed E-state index contributed by atoms with van der Waals surface area (Å²) in [6.45, 7) is 1.90. The lowest BCUT2D eigenvalue weighted by Gasteiger charge is -2.42. The number of carbonyl (C=O) groups is 4. The lowest BCUT2D eigenvalue weighted by molar-refractivity contribution is -0.149. The first-order valence-electron chi connectivity index (χ1n) is 11.1. The molecule has 1 saturated heterocycles. The summed E-state index contributed by atoms with van der Waals surface area (Å²) in [5.74, 6) is -2.29. The molecule has 2 aliphatic rings. The zero-order valence-electron chi connectivity index (χ0n) is 18.5. The molecule has 8 nitrogen and oxygen atoms in total.